The molecule has 0 N–H and O–H groups in total. The monoisotopic (exact) mass is 820 g/mol. The molecule has 14 aromatic rings. The van der Waals surface area contributed by atoms with Crippen molar-refractivity contribution in [3.8, 4) is 39.9 Å². The average Bonchev–Trinajstić information content (AvgIpc) is 4.01. The molecule has 0 saturated heterocycles. The first-order valence-electron chi connectivity index (χ1n) is 21.2. The summed E-state index contributed by atoms with van der Waals surface area (Å²) >= 11 is 1.79. The van der Waals surface area contributed by atoms with Crippen molar-refractivity contribution in [3.05, 3.63) is 194 Å². The summed E-state index contributed by atoms with van der Waals surface area (Å²) < 4.78 is 11.9. The van der Waals surface area contributed by atoms with Gasteiger partial charge in [-0.3, -0.25) is 0 Å². The third-order valence-electron chi connectivity index (χ3n) is 12.8. The maximum absolute atomic E-state index is 6.92. The van der Waals surface area contributed by atoms with Crippen LogP contribution in [0.15, 0.2) is 199 Å². The van der Waals surface area contributed by atoms with E-state index in [4.69, 9.17) is 19.4 Å². The van der Waals surface area contributed by atoms with Crippen molar-refractivity contribution in [2.24, 2.45) is 0 Å². The molecule has 0 fully saturated rings. The van der Waals surface area contributed by atoms with E-state index in [1.165, 1.54) is 63.5 Å². The summed E-state index contributed by atoms with van der Waals surface area (Å²) in [7, 11) is 0. The second-order valence-corrected chi connectivity index (χ2v) is 17.5. The van der Waals surface area contributed by atoms with E-state index in [1.54, 1.807) is 11.3 Å². The van der Waals surface area contributed by atoms with Crippen LogP contribution in [0.5, 0.6) is 0 Å². The quantitative estimate of drug-likeness (QED) is 0.177. The molecule has 0 aliphatic rings. The number of furan rings is 1. The number of thiophene rings is 1. The molecule has 0 bridgehead atoms. The molecule has 0 aliphatic heterocycles. The smallest absolute Gasteiger partial charge is 0.164 e. The lowest BCUT2D eigenvalue weighted by Crippen LogP contribution is -2.00. The van der Waals surface area contributed by atoms with Gasteiger partial charge in [0.2, 0.25) is 0 Å². The number of benzene rings is 10. The van der Waals surface area contributed by atoms with Gasteiger partial charge in [0.1, 0.15) is 11.2 Å². The van der Waals surface area contributed by atoms with Gasteiger partial charge in [-0.15, -0.1) is 11.3 Å². The lowest BCUT2D eigenvalue weighted by molar-refractivity contribution is 0.672. The molecule has 0 atom stereocenters. The zero-order chi connectivity index (χ0) is 41.2. The highest BCUT2D eigenvalue weighted by molar-refractivity contribution is 7.25. The molecular weight excluding hydrogens is 789 g/mol. The zero-order valence-electron chi connectivity index (χ0n) is 33.6. The van der Waals surface area contributed by atoms with Crippen LogP contribution in [0.2, 0.25) is 0 Å². The van der Waals surface area contributed by atoms with Crippen molar-refractivity contribution in [3.63, 3.8) is 0 Å². The first-order valence-corrected chi connectivity index (χ1v) is 22.0. The van der Waals surface area contributed by atoms with E-state index >= 15 is 0 Å². The van der Waals surface area contributed by atoms with Gasteiger partial charge in [-0.05, 0) is 76.1 Å². The van der Waals surface area contributed by atoms with Gasteiger partial charge in [0.05, 0.1) is 16.7 Å². The van der Waals surface area contributed by atoms with E-state index in [0.717, 1.165) is 55.1 Å². The number of nitrogens with zero attached hydrogens (tertiary/aromatic N) is 4. The second kappa shape index (κ2) is 13.2. The fourth-order valence-corrected chi connectivity index (χ4v) is 10.9. The van der Waals surface area contributed by atoms with Gasteiger partial charge in [0.15, 0.2) is 17.5 Å². The lowest BCUT2D eigenvalue weighted by Gasteiger charge is -2.13. The topological polar surface area (TPSA) is 56.7 Å². The predicted molar refractivity (Wildman–Crippen MR) is 263 cm³/mol. The zero-order valence-corrected chi connectivity index (χ0v) is 34.4. The molecule has 0 amide bonds. The van der Waals surface area contributed by atoms with Crippen molar-refractivity contribution in [2.45, 2.75) is 0 Å². The Morgan fingerprint density at radius 2 is 0.873 bits per heavy atom. The molecule has 0 unspecified atom stereocenters. The molecule has 4 heterocycles. The van der Waals surface area contributed by atoms with Crippen molar-refractivity contribution in [2.75, 3.05) is 0 Å². The first-order chi connectivity index (χ1) is 31.2. The minimum atomic E-state index is 0.591. The Bertz CT molecular complexity index is 4130. The Morgan fingerprint density at radius 1 is 0.349 bits per heavy atom. The van der Waals surface area contributed by atoms with Crippen LogP contribution in [0.1, 0.15) is 0 Å². The summed E-state index contributed by atoms with van der Waals surface area (Å²) in [6, 6.07) is 69.3. The molecule has 0 spiro atoms. The first kappa shape index (κ1) is 34.5. The van der Waals surface area contributed by atoms with Gasteiger partial charge in [0, 0.05) is 69.2 Å². The van der Waals surface area contributed by atoms with E-state index in [-0.39, 0.29) is 0 Å². The van der Waals surface area contributed by atoms with E-state index < -0.39 is 0 Å². The SMILES string of the molecule is c1ccc(-c2nc(-c3ccc4c(c3)oc3c5ccccc5c(-n5c6cc7ccccc7cc6c6cc7ccccc7cc65)cc43)nc(-c3ccc4c(c3)sc3ccccc34)n2)cc1. The summed E-state index contributed by atoms with van der Waals surface area (Å²) in [5.41, 5.74) is 7.83. The van der Waals surface area contributed by atoms with Crippen LogP contribution in [-0.2, 0) is 0 Å². The summed E-state index contributed by atoms with van der Waals surface area (Å²) in [4.78, 5) is 15.3. The Balaban J connectivity index is 0.983. The van der Waals surface area contributed by atoms with Gasteiger partial charge >= 0.3 is 0 Å². The van der Waals surface area contributed by atoms with Gasteiger partial charge in [-0.25, -0.2) is 15.0 Å². The minimum Gasteiger partial charge on any atom is -0.455 e. The maximum Gasteiger partial charge on any atom is 0.164 e. The summed E-state index contributed by atoms with van der Waals surface area (Å²) in [5, 5.41) is 14.1. The molecule has 5 nitrogen and oxygen atoms in total. The van der Waals surface area contributed by atoms with Crippen LogP contribution in [-0.4, -0.2) is 19.5 Å². The number of rotatable bonds is 4. The molecule has 0 aliphatic carbocycles. The number of aromatic nitrogens is 4. The Hall–Kier alpha value is -8.19. The van der Waals surface area contributed by atoms with Gasteiger partial charge in [-0.2, -0.15) is 0 Å². The summed E-state index contributed by atoms with van der Waals surface area (Å²) in [6.07, 6.45) is 0. The fourth-order valence-electron chi connectivity index (χ4n) is 9.77. The van der Waals surface area contributed by atoms with Gasteiger partial charge in [-0.1, -0.05) is 140 Å². The van der Waals surface area contributed by atoms with E-state index in [1.807, 2.05) is 30.3 Å². The fraction of sp³-hybridized carbons (Fsp3) is 0. The highest BCUT2D eigenvalue weighted by Crippen LogP contribution is 2.43. The van der Waals surface area contributed by atoms with Crippen molar-refractivity contribution < 1.29 is 4.42 Å². The number of hydrogen-bond donors (Lipinski definition) is 0. The van der Waals surface area contributed by atoms with E-state index in [9.17, 15) is 0 Å². The van der Waals surface area contributed by atoms with Gasteiger partial charge in [0.25, 0.3) is 0 Å². The molecule has 6 heteroatoms. The Labute approximate surface area is 363 Å². The third kappa shape index (κ3) is 5.25. The third-order valence-corrected chi connectivity index (χ3v) is 13.9. The predicted octanol–water partition coefficient (Wildman–Crippen LogP) is 15.7. The standard InChI is InChI=1S/C57H32N4OS/c1-2-12-33(13-3-1)55-58-56(60-57(59-55)39-23-25-43-42-19-10-11-21-52(42)63-53(43)31-39)38-22-24-41-47-32-50(40-18-8-9-20-44(40)54(47)62-51(41)30-38)61-48-28-36-16-6-4-14-34(36)26-45(48)46-27-35-15-5-7-17-37(35)29-49(46)61/h1-32H. The molecule has 0 saturated carbocycles. The molecular formula is C57H32N4OS. The largest absolute Gasteiger partial charge is 0.455 e. The minimum absolute atomic E-state index is 0.591. The average molecular weight is 821 g/mol. The Kier molecular flexibility index (Phi) is 7.21. The normalized spacial score (nSPS) is 12.1. The molecule has 4 aromatic heterocycles. The van der Waals surface area contributed by atoms with Crippen LogP contribution in [0.3, 0.4) is 0 Å². The lowest BCUT2D eigenvalue weighted by atomic mass is 10.0. The van der Waals surface area contributed by atoms with Crippen LogP contribution in [0.4, 0.5) is 0 Å². The number of hydrogen-bond acceptors (Lipinski definition) is 5. The molecule has 10 aromatic carbocycles. The highest BCUT2D eigenvalue weighted by Gasteiger charge is 2.21. The van der Waals surface area contributed by atoms with Crippen LogP contribution in [0.25, 0.3) is 136 Å². The van der Waals surface area contributed by atoms with Crippen LogP contribution >= 0.6 is 11.3 Å². The number of fused-ring (bicyclic) bond motifs is 13. The second-order valence-electron chi connectivity index (χ2n) is 16.4. The van der Waals surface area contributed by atoms with E-state index in [2.05, 4.69) is 168 Å². The van der Waals surface area contributed by atoms with Crippen LogP contribution < -0.4 is 0 Å². The molecule has 292 valence electrons. The van der Waals surface area contributed by atoms with Crippen molar-refractivity contribution in [1.82, 2.24) is 19.5 Å². The van der Waals surface area contributed by atoms with Gasteiger partial charge < -0.3 is 8.98 Å². The molecule has 63 heavy (non-hydrogen) atoms. The van der Waals surface area contributed by atoms with Crippen molar-refractivity contribution >= 4 is 108 Å². The molecule has 14 rings (SSSR count). The van der Waals surface area contributed by atoms with E-state index in [0.29, 0.717) is 17.5 Å². The molecule has 0 radical (unpaired) electrons. The summed E-state index contributed by atoms with van der Waals surface area (Å²) in [6.45, 7) is 0. The maximum atomic E-state index is 6.92. The summed E-state index contributed by atoms with van der Waals surface area (Å²) in [5.74, 6) is 1.84. The van der Waals surface area contributed by atoms with Crippen molar-refractivity contribution in [1.29, 1.82) is 0 Å². The Morgan fingerprint density at radius 3 is 1.56 bits per heavy atom. The van der Waals surface area contributed by atoms with Crippen LogP contribution in [0, 0.1) is 0 Å². The highest BCUT2D eigenvalue weighted by atomic mass is 32.1.